The molecule has 108 valence electrons. The van der Waals surface area contributed by atoms with E-state index in [9.17, 15) is 5.11 Å². The van der Waals surface area contributed by atoms with E-state index in [4.69, 9.17) is 4.74 Å². The van der Waals surface area contributed by atoms with Crippen LogP contribution >= 0.6 is 15.9 Å². The van der Waals surface area contributed by atoms with Gasteiger partial charge in [0.05, 0.1) is 10.7 Å². The Morgan fingerprint density at radius 3 is 2.60 bits per heavy atom. The molecule has 1 aromatic rings. The first-order valence-corrected chi connectivity index (χ1v) is 7.45. The fourth-order valence-electron chi connectivity index (χ4n) is 1.64. The average molecular weight is 337 g/mol. The lowest BCUT2D eigenvalue weighted by Gasteiger charge is -2.12. The van der Waals surface area contributed by atoms with Crippen LogP contribution in [0, 0.1) is 11.8 Å². The van der Waals surface area contributed by atoms with Crippen LogP contribution in [0.25, 0.3) is 0 Å². The van der Waals surface area contributed by atoms with Crippen LogP contribution in [0.4, 0.5) is 0 Å². The zero-order chi connectivity index (χ0) is 15.0. The van der Waals surface area contributed by atoms with Crippen LogP contribution in [-0.4, -0.2) is 5.11 Å². The summed E-state index contributed by atoms with van der Waals surface area (Å²) in [6, 6.07) is 7.69. The summed E-state index contributed by atoms with van der Waals surface area (Å²) in [6.07, 6.45) is 8.93. The Morgan fingerprint density at radius 2 is 2.00 bits per heavy atom. The third-order valence-electron chi connectivity index (χ3n) is 2.80. The second-order valence-corrected chi connectivity index (χ2v) is 5.64. The molecule has 0 bridgehead atoms. The number of para-hydroxylation sites is 1. The fraction of sp³-hybridized carbons (Fsp3) is 0.294. The molecule has 1 atom stereocenters. The van der Waals surface area contributed by atoms with Crippen LogP contribution in [0.1, 0.15) is 20.8 Å². The Labute approximate surface area is 129 Å². The minimum atomic E-state index is 0.119. The topological polar surface area (TPSA) is 29.5 Å². The monoisotopic (exact) mass is 336 g/mol. The predicted molar refractivity (Wildman–Crippen MR) is 87.8 cm³/mol. The van der Waals surface area contributed by atoms with Crippen molar-refractivity contribution >= 4 is 15.9 Å². The standard InChI is InChI=1S/C17H21BrO2/c1-4-7-15(19)12-14(13(2)3)10-11-20-17-9-6-5-8-16(17)18/h4-14,19H,1-3H3/b7-4-,11-10+,15-12?. The van der Waals surface area contributed by atoms with Gasteiger partial charge in [-0.3, -0.25) is 0 Å². The van der Waals surface area contributed by atoms with Gasteiger partial charge in [-0.15, -0.1) is 0 Å². The highest BCUT2D eigenvalue weighted by atomic mass is 79.9. The molecule has 0 amide bonds. The number of allylic oxidation sites excluding steroid dienone is 4. The van der Waals surface area contributed by atoms with Crippen LogP contribution < -0.4 is 4.74 Å². The van der Waals surface area contributed by atoms with Crippen molar-refractivity contribution in [2.45, 2.75) is 20.8 Å². The molecule has 1 N–H and O–H groups in total. The molecule has 1 unspecified atom stereocenters. The number of ether oxygens (including phenoxy) is 1. The summed E-state index contributed by atoms with van der Waals surface area (Å²) in [5.74, 6) is 1.54. The summed E-state index contributed by atoms with van der Waals surface area (Å²) in [6.45, 7) is 6.08. The summed E-state index contributed by atoms with van der Waals surface area (Å²) in [5.41, 5.74) is 0. The summed E-state index contributed by atoms with van der Waals surface area (Å²) < 4.78 is 6.52. The fourth-order valence-corrected chi connectivity index (χ4v) is 2.02. The Balaban J connectivity index is 2.74. The van der Waals surface area contributed by atoms with E-state index in [1.807, 2.05) is 49.4 Å². The molecular weight excluding hydrogens is 316 g/mol. The van der Waals surface area contributed by atoms with Gasteiger partial charge < -0.3 is 9.84 Å². The van der Waals surface area contributed by atoms with Gasteiger partial charge in [-0.1, -0.05) is 32.1 Å². The van der Waals surface area contributed by atoms with E-state index in [0.717, 1.165) is 10.2 Å². The van der Waals surface area contributed by atoms with E-state index in [1.165, 1.54) is 0 Å². The number of rotatable bonds is 6. The predicted octanol–water partition coefficient (Wildman–Crippen LogP) is 5.63. The number of hydrogen-bond acceptors (Lipinski definition) is 2. The van der Waals surface area contributed by atoms with E-state index >= 15 is 0 Å². The maximum atomic E-state index is 9.72. The van der Waals surface area contributed by atoms with E-state index in [1.54, 1.807) is 12.3 Å². The van der Waals surface area contributed by atoms with Gasteiger partial charge in [0, 0.05) is 5.92 Å². The Morgan fingerprint density at radius 1 is 1.30 bits per heavy atom. The van der Waals surface area contributed by atoms with Crippen molar-refractivity contribution in [2.75, 3.05) is 0 Å². The number of hydrogen-bond donors (Lipinski definition) is 1. The minimum absolute atomic E-state index is 0.119. The van der Waals surface area contributed by atoms with Crippen LogP contribution in [-0.2, 0) is 0 Å². The Kier molecular flexibility index (Phi) is 7.16. The molecule has 0 radical (unpaired) electrons. The van der Waals surface area contributed by atoms with Crippen LogP contribution in [0.2, 0.25) is 0 Å². The lowest BCUT2D eigenvalue weighted by Crippen LogP contribution is -2.03. The Bertz CT molecular complexity index is 501. The molecule has 0 aliphatic rings. The number of aliphatic hydroxyl groups is 1. The molecule has 2 nitrogen and oxygen atoms in total. The minimum Gasteiger partial charge on any atom is -0.508 e. The number of benzene rings is 1. The van der Waals surface area contributed by atoms with E-state index in [2.05, 4.69) is 29.8 Å². The summed E-state index contributed by atoms with van der Waals surface area (Å²) >= 11 is 3.43. The third-order valence-corrected chi connectivity index (χ3v) is 3.46. The Hall–Kier alpha value is -1.48. The second-order valence-electron chi connectivity index (χ2n) is 4.79. The van der Waals surface area contributed by atoms with Crippen molar-refractivity contribution in [3.8, 4) is 5.75 Å². The highest BCUT2D eigenvalue weighted by molar-refractivity contribution is 9.10. The van der Waals surface area contributed by atoms with Crippen molar-refractivity contribution < 1.29 is 9.84 Å². The van der Waals surface area contributed by atoms with Gasteiger partial charge in [-0.2, -0.15) is 0 Å². The molecule has 0 spiro atoms. The van der Waals surface area contributed by atoms with Gasteiger partial charge >= 0.3 is 0 Å². The lowest BCUT2D eigenvalue weighted by atomic mass is 9.95. The van der Waals surface area contributed by atoms with Gasteiger partial charge in [-0.25, -0.2) is 0 Å². The third kappa shape index (κ3) is 5.66. The molecule has 0 heterocycles. The van der Waals surface area contributed by atoms with E-state index in [-0.39, 0.29) is 11.7 Å². The summed E-state index contributed by atoms with van der Waals surface area (Å²) in [4.78, 5) is 0. The second kappa shape index (κ2) is 8.64. The maximum Gasteiger partial charge on any atom is 0.140 e. The largest absolute Gasteiger partial charge is 0.508 e. The van der Waals surface area contributed by atoms with Crippen molar-refractivity contribution in [2.24, 2.45) is 11.8 Å². The molecule has 0 aliphatic heterocycles. The quantitative estimate of drug-likeness (QED) is 0.538. The van der Waals surface area contributed by atoms with Gasteiger partial charge in [-0.05, 0) is 59.1 Å². The first-order valence-electron chi connectivity index (χ1n) is 6.66. The summed E-state index contributed by atoms with van der Waals surface area (Å²) in [5, 5.41) is 9.72. The van der Waals surface area contributed by atoms with Crippen molar-refractivity contribution in [1.82, 2.24) is 0 Å². The number of halogens is 1. The first kappa shape index (κ1) is 16.6. The first-order chi connectivity index (χ1) is 9.54. The molecular formula is C17H21BrO2. The van der Waals surface area contributed by atoms with Crippen molar-refractivity contribution in [3.63, 3.8) is 0 Å². The van der Waals surface area contributed by atoms with Crippen molar-refractivity contribution in [3.05, 3.63) is 65.1 Å². The smallest absolute Gasteiger partial charge is 0.140 e. The van der Waals surface area contributed by atoms with Crippen LogP contribution in [0.3, 0.4) is 0 Å². The zero-order valence-electron chi connectivity index (χ0n) is 12.1. The number of aliphatic hydroxyl groups excluding tert-OH is 1. The molecule has 0 saturated carbocycles. The van der Waals surface area contributed by atoms with E-state index in [0.29, 0.717) is 5.92 Å². The molecule has 1 rings (SSSR count). The van der Waals surface area contributed by atoms with Crippen LogP contribution in [0.5, 0.6) is 5.75 Å². The lowest BCUT2D eigenvalue weighted by molar-refractivity contribution is 0.415. The molecule has 3 heteroatoms. The zero-order valence-corrected chi connectivity index (χ0v) is 13.7. The summed E-state index contributed by atoms with van der Waals surface area (Å²) in [7, 11) is 0. The molecule has 0 saturated heterocycles. The van der Waals surface area contributed by atoms with Gasteiger partial charge in [0.15, 0.2) is 0 Å². The molecule has 1 aromatic carbocycles. The SMILES string of the molecule is C/C=C\C(O)=CC(/C=C/Oc1ccccc1Br)C(C)C. The van der Waals surface area contributed by atoms with Crippen LogP contribution in [0.15, 0.2) is 65.1 Å². The molecule has 0 aromatic heterocycles. The van der Waals surface area contributed by atoms with Gasteiger partial charge in [0.25, 0.3) is 0 Å². The van der Waals surface area contributed by atoms with Crippen molar-refractivity contribution in [1.29, 1.82) is 0 Å². The highest BCUT2D eigenvalue weighted by Crippen LogP contribution is 2.24. The van der Waals surface area contributed by atoms with Gasteiger partial charge in [0.2, 0.25) is 0 Å². The normalized spacial score (nSPS) is 14.3. The highest BCUT2D eigenvalue weighted by Gasteiger charge is 2.08. The average Bonchev–Trinajstić information content (AvgIpc) is 2.40. The van der Waals surface area contributed by atoms with Gasteiger partial charge in [0.1, 0.15) is 11.5 Å². The molecule has 20 heavy (non-hydrogen) atoms. The molecule has 0 fully saturated rings. The van der Waals surface area contributed by atoms with E-state index < -0.39 is 0 Å². The molecule has 0 aliphatic carbocycles. The maximum absolute atomic E-state index is 9.72.